The summed E-state index contributed by atoms with van der Waals surface area (Å²) in [4.78, 5) is 12.5. The highest BCUT2D eigenvalue weighted by Gasteiger charge is 2.46. The highest BCUT2D eigenvalue weighted by molar-refractivity contribution is 8.14. The Bertz CT molecular complexity index is 1100. The summed E-state index contributed by atoms with van der Waals surface area (Å²) in [6, 6.07) is 18.3. The highest BCUT2D eigenvalue weighted by atomic mass is 32.2. The molecule has 1 aromatic carbocycles. The van der Waals surface area contributed by atoms with Gasteiger partial charge in [-0.1, -0.05) is 43.8 Å². The number of thioether (sulfide) groups is 1. The number of aromatic nitrogens is 2. The fourth-order valence-corrected chi connectivity index (χ4v) is 6.39. The summed E-state index contributed by atoms with van der Waals surface area (Å²) in [5, 5.41) is 1.18. The van der Waals surface area contributed by atoms with Gasteiger partial charge in [-0.15, -0.1) is 0 Å². The normalized spacial score (nSPS) is 22.6. The molecular weight excluding hydrogens is 400 g/mol. The van der Waals surface area contributed by atoms with Gasteiger partial charge in [-0.2, -0.15) is 0 Å². The van der Waals surface area contributed by atoms with E-state index in [9.17, 15) is 0 Å². The van der Waals surface area contributed by atoms with Gasteiger partial charge in [-0.25, -0.2) is 0 Å². The van der Waals surface area contributed by atoms with Crippen LogP contribution in [-0.2, 0) is 6.42 Å². The molecular formula is C26H30N4S. The summed E-state index contributed by atoms with van der Waals surface area (Å²) in [6.45, 7) is 8.96. The monoisotopic (exact) mass is 430 g/mol. The molecule has 3 aromatic rings. The Kier molecular flexibility index (Phi) is 5.39. The minimum Gasteiger partial charge on any atom is -0.338 e. The standard InChI is InChI=1S/C26H30N4S/c1-5-19-10-12-21(13-11-19)29-17(3)15-22(18(29)4)25-24(23-9-7-8-14-27-23)28-26-30(25)20(6-2)16-31-26/h7-15,20,24-25H,5-6,16H2,1-4H3. The summed E-state index contributed by atoms with van der Waals surface area (Å²) in [7, 11) is 0. The molecule has 31 heavy (non-hydrogen) atoms. The minimum absolute atomic E-state index is 0.0365. The van der Waals surface area contributed by atoms with Gasteiger partial charge in [0.25, 0.3) is 0 Å². The van der Waals surface area contributed by atoms with Crippen LogP contribution in [0.25, 0.3) is 5.69 Å². The molecule has 0 spiro atoms. The number of hydrogen-bond acceptors (Lipinski definition) is 4. The van der Waals surface area contributed by atoms with E-state index in [0.29, 0.717) is 6.04 Å². The molecule has 5 heteroatoms. The van der Waals surface area contributed by atoms with E-state index in [0.717, 1.165) is 24.3 Å². The van der Waals surface area contributed by atoms with Crippen LogP contribution in [-0.4, -0.2) is 31.4 Å². The Morgan fingerprint density at radius 3 is 2.55 bits per heavy atom. The Morgan fingerprint density at radius 1 is 1.06 bits per heavy atom. The number of pyridine rings is 1. The first kappa shape index (κ1) is 20.4. The molecule has 1 saturated heterocycles. The van der Waals surface area contributed by atoms with Gasteiger partial charge in [0, 0.05) is 35.1 Å². The van der Waals surface area contributed by atoms with Gasteiger partial charge in [0.05, 0.1) is 11.7 Å². The number of benzene rings is 1. The highest BCUT2D eigenvalue weighted by Crippen LogP contribution is 2.49. The fraction of sp³-hybridized carbons (Fsp3) is 0.385. The predicted octanol–water partition coefficient (Wildman–Crippen LogP) is 6.03. The van der Waals surface area contributed by atoms with Gasteiger partial charge < -0.3 is 9.47 Å². The van der Waals surface area contributed by atoms with Crippen molar-refractivity contribution in [3.8, 4) is 5.69 Å². The van der Waals surface area contributed by atoms with Crippen molar-refractivity contribution in [3.63, 3.8) is 0 Å². The molecule has 2 aromatic heterocycles. The second-order valence-corrected chi connectivity index (χ2v) is 9.51. The average Bonchev–Trinajstić information content (AvgIpc) is 3.46. The molecule has 0 saturated carbocycles. The average molecular weight is 431 g/mol. The lowest BCUT2D eigenvalue weighted by Gasteiger charge is -2.32. The van der Waals surface area contributed by atoms with Crippen LogP contribution in [0.2, 0.25) is 0 Å². The second kappa shape index (κ2) is 8.19. The van der Waals surface area contributed by atoms with E-state index in [1.165, 1.54) is 33.4 Å². The number of rotatable bonds is 5. The molecule has 1 fully saturated rings. The summed E-state index contributed by atoms with van der Waals surface area (Å²) in [5.41, 5.74) is 7.60. The maximum Gasteiger partial charge on any atom is 0.160 e. The van der Waals surface area contributed by atoms with Gasteiger partial charge in [0.1, 0.15) is 6.04 Å². The van der Waals surface area contributed by atoms with E-state index in [2.05, 4.69) is 79.6 Å². The van der Waals surface area contributed by atoms with E-state index in [4.69, 9.17) is 9.98 Å². The predicted molar refractivity (Wildman–Crippen MR) is 130 cm³/mol. The van der Waals surface area contributed by atoms with Gasteiger partial charge in [0.15, 0.2) is 5.17 Å². The second-order valence-electron chi connectivity index (χ2n) is 8.52. The zero-order chi connectivity index (χ0) is 21.5. The quantitative estimate of drug-likeness (QED) is 0.495. The van der Waals surface area contributed by atoms with Crippen molar-refractivity contribution in [2.45, 2.75) is 58.7 Å². The molecule has 0 bridgehead atoms. The molecule has 2 aliphatic rings. The summed E-state index contributed by atoms with van der Waals surface area (Å²) in [5.74, 6) is 1.12. The van der Waals surface area contributed by atoms with Gasteiger partial charge in [-0.3, -0.25) is 9.98 Å². The summed E-state index contributed by atoms with van der Waals surface area (Å²) < 4.78 is 2.40. The van der Waals surface area contributed by atoms with Crippen molar-refractivity contribution in [3.05, 3.63) is 82.9 Å². The molecule has 160 valence electrons. The lowest BCUT2D eigenvalue weighted by Crippen LogP contribution is -2.35. The molecule has 3 atom stereocenters. The van der Waals surface area contributed by atoms with E-state index >= 15 is 0 Å². The maximum absolute atomic E-state index is 5.19. The SMILES string of the molecule is CCc1ccc(-n2c(C)cc(C3C(c4ccccn4)N=C4SCC(CC)N43)c2C)cc1. The Hall–Kier alpha value is -2.53. The summed E-state index contributed by atoms with van der Waals surface area (Å²) >= 11 is 1.90. The molecule has 4 nitrogen and oxygen atoms in total. The van der Waals surface area contributed by atoms with Crippen LogP contribution in [0.15, 0.2) is 59.7 Å². The molecule has 3 unspecified atom stereocenters. The molecule has 2 aliphatic heterocycles. The third-order valence-corrected chi connectivity index (χ3v) is 7.85. The largest absolute Gasteiger partial charge is 0.338 e. The fourth-order valence-electron chi connectivity index (χ4n) is 5.05. The third kappa shape index (κ3) is 3.39. The van der Waals surface area contributed by atoms with Gasteiger partial charge in [-0.05, 0) is 68.1 Å². The van der Waals surface area contributed by atoms with E-state index < -0.39 is 0 Å². The maximum atomic E-state index is 5.19. The molecule has 0 aliphatic carbocycles. The zero-order valence-corrected chi connectivity index (χ0v) is 19.6. The van der Waals surface area contributed by atoms with Gasteiger partial charge in [0.2, 0.25) is 0 Å². The van der Waals surface area contributed by atoms with Crippen LogP contribution in [0.4, 0.5) is 0 Å². The topological polar surface area (TPSA) is 33.4 Å². The lowest BCUT2D eigenvalue weighted by atomic mass is 9.95. The Balaban J connectivity index is 1.61. The van der Waals surface area contributed by atoms with E-state index in [1.807, 2.05) is 24.0 Å². The van der Waals surface area contributed by atoms with Crippen molar-refractivity contribution in [2.75, 3.05) is 5.75 Å². The number of amidine groups is 1. The van der Waals surface area contributed by atoms with Gasteiger partial charge >= 0.3 is 0 Å². The Labute approximate surface area is 189 Å². The van der Waals surface area contributed by atoms with Crippen LogP contribution in [0.3, 0.4) is 0 Å². The first-order valence-electron chi connectivity index (χ1n) is 11.3. The molecule has 0 N–H and O–H groups in total. The molecule has 4 heterocycles. The first-order valence-corrected chi connectivity index (χ1v) is 12.3. The first-order chi connectivity index (χ1) is 15.1. The van der Waals surface area contributed by atoms with Crippen LogP contribution in [0.1, 0.15) is 60.6 Å². The minimum atomic E-state index is 0.0365. The number of fused-ring (bicyclic) bond motifs is 1. The summed E-state index contributed by atoms with van der Waals surface area (Å²) in [6.07, 6.45) is 4.09. The molecule has 5 rings (SSSR count). The van der Waals surface area contributed by atoms with Crippen molar-refractivity contribution in [1.29, 1.82) is 0 Å². The molecule has 0 amide bonds. The zero-order valence-electron chi connectivity index (χ0n) is 18.7. The number of aliphatic imine (C=N–C) groups is 1. The Morgan fingerprint density at radius 2 is 1.87 bits per heavy atom. The van der Waals surface area contributed by atoms with Crippen molar-refractivity contribution in [2.24, 2.45) is 4.99 Å². The van der Waals surface area contributed by atoms with Crippen LogP contribution in [0, 0.1) is 13.8 Å². The number of nitrogens with zero attached hydrogens (tertiary/aromatic N) is 4. The lowest BCUT2D eigenvalue weighted by molar-refractivity contribution is 0.254. The van der Waals surface area contributed by atoms with E-state index in [-0.39, 0.29) is 12.1 Å². The number of hydrogen-bond donors (Lipinski definition) is 0. The van der Waals surface area contributed by atoms with Crippen molar-refractivity contribution >= 4 is 16.9 Å². The van der Waals surface area contributed by atoms with Crippen molar-refractivity contribution in [1.82, 2.24) is 14.5 Å². The van der Waals surface area contributed by atoms with Crippen LogP contribution >= 0.6 is 11.8 Å². The van der Waals surface area contributed by atoms with Crippen molar-refractivity contribution < 1.29 is 0 Å². The van der Waals surface area contributed by atoms with E-state index in [1.54, 1.807) is 0 Å². The molecule has 0 radical (unpaired) electrons. The number of aryl methyl sites for hydroxylation is 2. The van der Waals surface area contributed by atoms with Crippen LogP contribution < -0.4 is 0 Å². The van der Waals surface area contributed by atoms with Crippen LogP contribution in [0.5, 0.6) is 0 Å². The third-order valence-electron chi connectivity index (χ3n) is 6.72. The smallest absolute Gasteiger partial charge is 0.160 e.